The topological polar surface area (TPSA) is 17.1 Å². The lowest BCUT2D eigenvalue weighted by molar-refractivity contribution is -0.112. The molecule has 0 aromatic carbocycles. The summed E-state index contributed by atoms with van der Waals surface area (Å²) in [6, 6.07) is 0. The van der Waals surface area contributed by atoms with Crippen molar-refractivity contribution in [2.45, 2.75) is 40.5 Å². The molecule has 0 fully saturated rings. The van der Waals surface area contributed by atoms with Crippen LogP contribution in [0.15, 0.2) is 35.5 Å². The van der Waals surface area contributed by atoms with Crippen LogP contribution in [0.2, 0.25) is 0 Å². The molecule has 14 heavy (non-hydrogen) atoms. The van der Waals surface area contributed by atoms with Crippen LogP contribution in [-0.4, -0.2) is 5.78 Å². The van der Waals surface area contributed by atoms with Crippen LogP contribution in [0.4, 0.5) is 0 Å². The minimum atomic E-state index is 0.0957. The monoisotopic (exact) mass is 192 g/mol. The van der Waals surface area contributed by atoms with Crippen LogP contribution in [-0.2, 0) is 4.79 Å². The number of allylic oxidation sites excluding steroid dienone is 6. The normalized spacial score (nSPS) is 11.9. The first-order valence-corrected chi connectivity index (χ1v) is 5.00. The Labute approximate surface area is 87.2 Å². The summed E-state index contributed by atoms with van der Waals surface area (Å²) in [4.78, 5) is 10.6. The largest absolute Gasteiger partial charge is 0.295 e. The van der Waals surface area contributed by atoms with Gasteiger partial charge in [-0.1, -0.05) is 29.4 Å². The van der Waals surface area contributed by atoms with E-state index >= 15 is 0 Å². The van der Waals surface area contributed by atoms with Crippen molar-refractivity contribution in [1.29, 1.82) is 0 Å². The summed E-state index contributed by atoms with van der Waals surface area (Å²) in [5, 5.41) is 0. The Balaban J connectivity index is 3.90. The van der Waals surface area contributed by atoms with Crippen LogP contribution in [0, 0.1) is 0 Å². The maximum Gasteiger partial charge on any atom is 0.152 e. The molecular weight excluding hydrogens is 172 g/mol. The second-order valence-electron chi connectivity index (χ2n) is 3.80. The van der Waals surface area contributed by atoms with Crippen molar-refractivity contribution in [2.24, 2.45) is 0 Å². The van der Waals surface area contributed by atoms with Gasteiger partial charge in [-0.25, -0.2) is 0 Å². The molecule has 0 rings (SSSR count). The van der Waals surface area contributed by atoms with E-state index in [4.69, 9.17) is 0 Å². The summed E-state index contributed by atoms with van der Waals surface area (Å²) in [5.74, 6) is 0.0957. The summed E-state index contributed by atoms with van der Waals surface area (Å²) < 4.78 is 0. The fraction of sp³-hybridized carbons (Fsp3) is 0.462. The Kier molecular flexibility index (Phi) is 6.73. The zero-order valence-electron chi connectivity index (χ0n) is 9.63. The number of carbonyl (C=O) groups is 1. The standard InChI is InChI=1S/C13H20O/c1-11(2)7-5-8-12(3)9-6-10-13(4)14/h6-7,9-10H,5,8H2,1-4H3/b10-6-,12-9-. The van der Waals surface area contributed by atoms with Gasteiger partial charge >= 0.3 is 0 Å². The molecule has 0 spiro atoms. The van der Waals surface area contributed by atoms with Crippen molar-refractivity contribution in [3.63, 3.8) is 0 Å². The van der Waals surface area contributed by atoms with E-state index in [9.17, 15) is 4.79 Å². The third-order valence-electron chi connectivity index (χ3n) is 1.80. The fourth-order valence-corrected chi connectivity index (χ4v) is 1.02. The summed E-state index contributed by atoms with van der Waals surface area (Å²) >= 11 is 0. The zero-order valence-corrected chi connectivity index (χ0v) is 9.63. The lowest BCUT2D eigenvalue weighted by atomic mass is 10.1. The first kappa shape index (κ1) is 12.9. The van der Waals surface area contributed by atoms with Crippen molar-refractivity contribution in [2.75, 3.05) is 0 Å². The Morgan fingerprint density at radius 2 is 1.79 bits per heavy atom. The second-order valence-corrected chi connectivity index (χ2v) is 3.80. The van der Waals surface area contributed by atoms with Gasteiger partial charge in [-0.3, -0.25) is 4.79 Å². The number of carbonyl (C=O) groups excluding carboxylic acids is 1. The molecule has 0 unspecified atom stereocenters. The molecular formula is C13H20O. The van der Waals surface area contributed by atoms with E-state index in [0.717, 1.165) is 12.8 Å². The summed E-state index contributed by atoms with van der Waals surface area (Å²) in [7, 11) is 0. The fourth-order valence-electron chi connectivity index (χ4n) is 1.02. The smallest absolute Gasteiger partial charge is 0.152 e. The van der Waals surface area contributed by atoms with Crippen LogP contribution < -0.4 is 0 Å². The Morgan fingerprint density at radius 1 is 1.14 bits per heavy atom. The molecule has 0 saturated heterocycles. The Morgan fingerprint density at radius 3 is 2.29 bits per heavy atom. The van der Waals surface area contributed by atoms with Gasteiger partial charge in [0, 0.05) is 0 Å². The van der Waals surface area contributed by atoms with Crippen LogP contribution >= 0.6 is 0 Å². The lowest BCUT2D eigenvalue weighted by Gasteiger charge is -1.96. The summed E-state index contributed by atoms with van der Waals surface area (Å²) in [6.45, 7) is 7.86. The van der Waals surface area contributed by atoms with Crippen LogP contribution in [0.3, 0.4) is 0 Å². The molecule has 1 nitrogen and oxygen atoms in total. The SMILES string of the molecule is CC(=O)/C=C\C=C(\C)CCC=C(C)C. The number of ketones is 1. The molecule has 78 valence electrons. The van der Waals surface area contributed by atoms with Crippen molar-refractivity contribution in [3.8, 4) is 0 Å². The molecule has 1 heteroatoms. The first-order chi connectivity index (χ1) is 6.52. The van der Waals surface area contributed by atoms with Gasteiger partial charge in [0.1, 0.15) is 0 Å². The first-order valence-electron chi connectivity index (χ1n) is 5.00. The van der Waals surface area contributed by atoms with Gasteiger partial charge in [-0.2, -0.15) is 0 Å². The number of hydrogen-bond donors (Lipinski definition) is 0. The molecule has 0 amide bonds. The minimum absolute atomic E-state index is 0.0957. The molecule has 0 aliphatic heterocycles. The third-order valence-corrected chi connectivity index (χ3v) is 1.80. The highest BCUT2D eigenvalue weighted by molar-refractivity contribution is 5.87. The van der Waals surface area contributed by atoms with Crippen LogP contribution in [0.5, 0.6) is 0 Å². The van der Waals surface area contributed by atoms with E-state index < -0.39 is 0 Å². The lowest BCUT2D eigenvalue weighted by Crippen LogP contribution is -1.79. The predicted octanol–water partition coefficient (Wildman–Crippen LogP) is 3.82. The highest BCUT2D eigenvalue weighted by Gasteiger charge is 1.87. The molecule has 0 aromatic rings. The average molecular weight is 192 g/mol. The Hall–Kier alpha value is -1.11. The van der Waals surface area contributed by atoms with Crippen molar-refractivity contribution in [1.82, 2.24) is 0 Å². The molecule has 0 aromatic heterocycles. The van der Waals surface area contributed by atoms with Crippen LogP contribution in [0.25, 0.3) is 0 Å². The minimum Gasteiger partial charge on any atom is -0.295 e. The van der Waals surface area contributed by atoms with Gasteiger partial charge in [-0.15, -0.1) is 0 Å². The highest BCUT2D eigenvalue weighted by Crippen LogP contribution is 2.06. The second kappa shape index (κ2) is 7.31. The summed E-state index contributed by atoms with van der Waals surface area (Å²) in [5.41, 5.74) is 2.66. The Bertz CT molecular complexity index is 263. The number of rotatable bonds is 5. The van der Waals surface area contributed by atoms with E-state index in [0.29, 0.717) is 0 Å². The molecule has 0 saturated carbocycles. The van der Waals surface area contributed by atoms with Crippen molar-refractivity contribution >= 4 is 5.78 Å². The molecule has 0 aliphatic carbocycles. The van der Waals surface area contributed by atoms with Gasteiger partial charge in [0.05, 0.1) is 0 Å². The average Bonchev–Trinajstić information content (AvgIpc) is 2.02. The van der Waals surface area contributed by atoms with E-state index in [-0.39, 0.29) is 5.78 Å². The number of hydrogen-bond acceptors (Lipinski definition) is 1. The van der Waals surface area contributed by atoms with Crippen molar-refractivity contribution in [3.05, 3.63) is 35.5 Å². The molecule has 0 aliphatic rings. The van der Waals surface area contributed by atoms with Gasteiger partial charge in [0.15, 0.2) is 5.78 Å². The summed E-state index contributed by atoms with van der Waals surface area (Å²) in [6.07, 6.45) is 9.78. The van der Waals surface area contributed by atoms with Crippen LogP contribution in [0.1, 0.15) is 40.5 Å². The zero-order chi connectivity index (χ0) is 11.0. The van der Waals surface area contributed by atoms with E-state index in [1.807, 2.05) is 12.2 Å². The quantitative estimate of drug-likeness (QED) is 0.367. The molecule has 0 heterocycles. The van der Waals surface area contributed by atoms with Gasteiger partial charge < -0.3 is 0 Å². The third kappa shape index (κ3) is 8.98. The molecule has 0 N–H and O–H groups in total. The van der Waals surface area contributed by atoms with Gasteiger partial charge in [0.2, 0.25) is 0 Å². The van der Waals surface area contributed by atoms with E-state index in [2.05, 4.69) is 26.8 Å². The molecule has 0 radical (unpaired) electrons. The maximum absolute atomic E-state index is 10.6. The molecule has 0 bridgehead atoms. The molecule has 0 atom stereocenters. The van der Waals surface area contributed by atoms with Crippen molar-refractivity contribution < 1.29 is 4.79 Å². The van der Waals surface area contributed by atoms with Gasteiger partial charge in [-0.05, 0) is 46.6 Å². The van der Waals surface area contributed by atoms with Gasteiger partial charge in [0.25, 0.3) is 0 Å². The highest BCUT2D eigenvalue weighted by atomic mass is 16.1. The van der Waals surface area contributed by atoms with E-state index in [1.165, 1.54) is 11.1 Å². The predicted molar refractivity (Wildman–Crippen MR) is 62.2 cm³/mol. The van der Waals surface area contributed by atoms with E-state index in [1.54, 1.807) is 13.0 Å². The maximum atomic E-state index is 10.6.